The highest BCUT2D eigenvalue weighted by Gasteiger charge is 2.15. The van der Waals surface area contributed by atoms with Crippen LogP contribution in [0.4, 0.5) is 5.82 Å². The molecule has 0 saturated carbocycles. The Hall–Kier alpha value is -2.14. The second kappa shape index (κ2) is 5.09. The fourth-order valence-electron chi connectivity index (χ4n) is 2.26. The Labute approximate surface area is 121 Å². The molecule has 20 heavy (non-hydrogen) atoms. The van der Waals surface area contributed by atoms with Crippen molar-refractivity contribution < 1.29 is 0 Å². The van der Waals surface area contributed by atoms with E-state index in [4.69, 9.17) is 11.6 Å². The monoisotopic (exact) mass is 287 g/mol. The fraction of sp³-hybridized carbons (Fsp3) is 0.214. The third-order valence-electron chi connectivity index (χ3n) is 3.20. The zero-order valence-corrected chi connectivity index (χ0v) is 12.0. The van der Waals surface area contributed by atoms with Gasteiger partial charge < -0.3 is 4.90 Å². The molecule has 5 nitrogen and oxygen atoms in total. The SMILES string of the molecule is Cc1c(Cl)nc2ncnn2c1N(C)Cc1ccccc1. The predicted octanol–water partition coefficient (Wildman–Crippen LogP) is 2.72. The first-order valence-corrected chi connectivity index (χ1v) is 6.65. The van der Waals surface area contributed by atoms with Crippen molar-refractivity contribution in [2.75, 3.05) is 11.9 Å². The average Bonchev–Trinajstić information content (AvgIpc) is 2.88. The van der Waals surface area contributed by atoms with Gasteiger partial charge in [-0.1, -0.05) is 41.9 Å². The van der Waals surface area contributed by atoms with Crippen LogP contribution in [0, 0.1) is 6.92 Å². The van der Waals surface area contributed by atoms with Crippen molar-refractivity contribution in [2.45, 2.75) is 13.5 Å². The Morgan fingerprint density at radius 1 is 1.25 bits per heavy atom. The summed E-state index contributed by atoms with van der Waals surface area (Å²) in [5.41, 5.74) is 2.11. The van der Waals surface area contributed by atoms with E-state index in [-0.39, 0.29) is 0 Å². The van der Waals surface area contributed by atoms with Crippen molar-refractivity contribution in [3.63, 3.8) is 0 Å². The smallest absolute Gasteiger partial charge is 0.255 e. The number of nitrogens with zero attached hydrogens (tertiary/aromatic N) is 5. The second-order valence-corrected chi connectivity index (χ2v) is 5.02. The Morgan fingerprint density at radius 2 is 2.00 bits per heavy atom. The summed E-state index contributed by atoms with van der Waals surface area (Å²) in [4.78, 5) is 10.4. The lowest BCUT2D eigenvalue weighted by atomic mass is 10.2. The molecular weight excluding hydrogens is 274 g/mol. The van der Waals surface area contributed by atoms with Gasteiger partial charge in [-0.2, -0.15) is 19.6 Å². The lowest BCUT2D eigenvalue weighted by molar-refractivity contribution is 0.823. The van der Waals surface area contributed by atoms with Crippen LogP contribution in [0.2, 0.25) is 5.15 Å². The topological polar surface area (TPSA) is 46.3 Å². The third kappa shape index (κ3) is 2.20. The minimum Gasteiger partial charge on any atom is -0.355 e. The third-order valence-corrected chi connectivity index (χ3v) is 3.57. The standard InChI is InChI=1S/C14H14ClN5/c1-10-12(15)18-14-16-9-17-20(14)13(10)19(2)8-11-6-4-3-5-7-11/h3-7,9H,8H2,1-2H3. The summed E-state index contributed by atoms with van der Waals surface area (Å²) in [5, 5.41) is 4.68. The van der Waals surface area contributed by atoms with Gasteiger partial charge in [-0.25, -0.2) is 0 Å². The summed E-state index contributed by atoms with van der Waals surface area (Å²) >= 11 is 6.18. The van der Waals surface area contributed by atoms with E-state index in [0.29, 0.717) is 10.9 Å². The van der Waals surface area contributed by atoms with Crippen LogP contribution in [-0.2, 0) is 6.54 Å². The summed E-state index contributed by atoms with van der Waals surface area (Å²) in [5.74, 6) is 1.41. The molecule has 0 spiro atoms. The van der Waals surface area contributed by atoms with Crippen molar-refractivity contribution in [3.8, 4) is 0 Å². The molecule has 0 unspecified atom stereocenters. The van der Waals surface area contributed by atoms with Gasteiger partial charge in [-0.3, -0.25) is 0 Å². The van der Waals surface area contributed by atoms with E-state index in [0.717, 1.165) is 17.9 Å². The van der Waals surface area contributed by atoms with Gasteiger partial charge in [0.1, 0.15) is 17.3 Å². The van der Waals surface area contributed by atoms with Gasteiger partial charge in [-0.05, 0) is 12.5 Å². The highest BCUT2D eigenvalue weighted by molar-refractivity contribution is 6.30. The zero-order valence-electron chi connectivity index (χ0n) is 11.3. The first-order chi connectivity index (χ1) is 9.66. The lowest BCUT2D eigenvalue weighted by Gasteiger charge is -2.22. The Bertz CT molecular complexity index is 738. The fourth-order valence-corrected chi connectivity index (χ4v) is 2.42. The van der Waals surface area contributed by atoms with Crippen LogP contribution in [0.3, 0.4) is 0 Å². The molecule has 0 atom stereocenters. The van der Waals surface area contributed by atoms with Crippen molar-refractivity contribution in [3.05, 3.63) is 52.9 Å². The molecule has 0 bridgehead atoms. The summed E-state index contributed by atoms with van der Waals surface area (Å²) in [6.07, 6.45) is 1.48. The molecule has 102 valence electrons. The summed E-state index contributed by atoms with van der Waals surface area (Å²) < 4.78 is 1.71. The number of aromatic nitrogens is 4. The molecule has 0 aliphatic carbocycles. The highest BCUT2D eigenvalue weighted by Crippen LogP contribution is 2.25. The first-order valence-electron chi connectivity index (χ1n) is 6.27. The molecule has 1 aromatic carbocycles. The van der Waals surface area contributed by atoms with E-state index in [1.54, 1.807) is 4.52 Å². The van der Waals surface area contributed by atoms with Crippen LogP contribution < -0.4 is 4.90 Å². The maximum absolute atomic E-state index is 6.18. The van der Waals surface area contributed by atoms with Gasteiger partial charge in [0.05, 0.1) is 0 Å². The molecule has 0 radical (unpaired) electrons. The van der Waals surface area contributed by atoms with Crippen LogP contribution in [0.15, 0.2) is 36.7 Å². The normalized spacial score (nSPS) is 10.9. The molecule has 2 aromatic heterocycles. The quantitative estimate of drug-likeness (QED) is 0.695. The summed E-state index contributed by atoms with van der Waals surface area (Å²) in [6.45, 7) is 2.70. The van der Waals surface area contributed by atoms with Gasteiger partial charge in [0.2, 0.25) is 0 Å². The minimum atomic E-state index is 0.459. The van der Waals surface area contributed by atoms with E-state index in [9.17, 15) is 0 Å². The summed E-state index contributed by atoms with van der Waals surface area (Å²) in [7, 11) is 2.01. The number of benzene rings is 1. The van der Waals surface area contributed by atoms with E-state index in [1.807, 2.05) is 32.2 Å². The number of hydrogen-bond acceptors (Lipinski definition) is 4. The van der Waals surface area contributed by atoms with Crippen LogP contribution in [0.25, 0.3) is 5.78 Å². The van der Waals surface area contributed by atoms with Gasteiger partial charge >= 0.3 is 0 Å². The maximum atomic E-state index is 6.18. The van der Waals surface area contributed by atoms with Crippen LogP contribution >= 0.6 is 11.6 Å². The number of halogens is 1. The van der Waals surface area contributed by atoms with Crippen LogP contribution in [-0.4, -0.2) is 26.6 Å². The van der Waals surface area contributed by atoms with Crippen molar-refractivity contribution in [2.24, 2.45) is 0 Å². The predicted molar refractivity (Wildman–Crippen MR) is 79.1 cm³/mol. The van der Waals surface area contributed by atoms with Gasteiger partial charge in [0.15, 0.2) is 0 Å². The largest absolute Gasteiger partial charge is 0.355 e. The lowest BCUT2D eigenvalue weighted by Crippen LogP contribution is -2.21. The van der Waals surface area contributed by atoms with Crippen molar-refractivity contribution in [1.82, 2.24) is 19.6 Å². The van der Waals surface area contributed by atoms with Crippen molar-refractivity contribution >= 4 is 23.2 Å². The molecular formula is C14H14ClN5. The molecule has 3 rings (SSSR count). The number of hydrogen-bond donors (Lipinski definition) is 0. The van der Waals surface area contributed by atoms with Gasteiger partial charge in [0.25, 0.3) is 5.78 Å². The molecule has 0 amide bonds. The van der Waals surface area contributed by atoms with E-state index in [1.165, 1.54) is 11.9 Å². The molecule has 0 fully saturated rings. The van der Waals surface area contributed by atoms with Crippen LogP contribution in [0.1, 0.15) is 11.1 Å². The number of anilines is 1. The van der Waals surface area contributed by atoms with Gasteiger partial charge in [-0.15, -0.1) is 0 Å². The van der Waals surface area contributed by atoms with Crippen LogP contribution in [0.5, 0.6) is 0 Å². The summed E-state index contributed by atoms with van der Waals surface area (Å²) in [6, 6.07) is 10.2. The van der Waals surface area contributed by atoms with Gasteiger partial charge in [0, 0.05) is 19.2 Å². The Kier molecular flexibility index (Phi) is 3.28. The molecule has 0 aliphatic rings. The first kappa shape index (κ1) is 12.9. The molecule has 3 aromatic rings. The number of rotatable bonds is 3. The van der Waals surface area contributed by atoms with E-state index in [2.05, 4.69) is 32.1 Å². The molecule has 6 heteroatoms. The minimum absolute atomic E-state index is 0.459. The average molecular weight is 288 g/mol. The molecule has 0 N–H and O–H groups in total. The van der Waals surface area contributed by atoms with E-state index < -0.39 is 0 Å². The second-order valence-electron chi connectivity index (χ2n) is 4.66. The number of fused-ring (bicyclic) bond motifs is 1. The highest BCUT2D eigenvalue weighted by atomic mass is 35.5. The maximum Gasteiger partial charge on any atom is 0.255 e. The molecule has 0 saturated heterocycles. The molecule has 2 heterocycles. The Morgan fingerprint density at radius 3 is 2.75 bits per heavy atom. The zero-order chi connectivity index (χ0) is 14.1. The van der Waals surface area contributed by atoms with E-state index >= 15 is 0 Å². The van der Waals surface area contributed by atoms with Crippen molar-refractivity contribution in [1.29, 1.82) is 0 Å². The molecule has 0 aliphatic heterocycles. The Balaban J connectivity index is 2.04.